The summed E-state index contributed by atoms with van der Waals surface area (Å²) in [5.74, 6) is 0.730. The molecule has 1 aromatic rings. The van der Waals surface area contributed by atoms with Crippen molar-refractivity contribution in [3.63, 3.8) is 0 Å². The van der Waals surface area contributed by atoms with Crippen LogP contribution in [0.1, 0.15) is 24.0 Å². The van der Waals surface area contributed by atoms with Gasteiger partial charge in [0.25, 0.3) is 0 Å². The molecule has 0 aliphatic carbocycles. The Hall–Kier alpha value is -1.80. The summed E-state index contributed by atoms with van der Waals surface area (Å²) in [5, 5.41) is 3.39. The Kier molecular flexibility index (Phi) is 7.91. The molecule has 0 saturated carbocycles. The summed E-state index contributed by atoms with van der Waals surface area (Å²) in [6.45, 7) is 3.99. The lowest BCUT2D eigenvalue weighted by Gasteiger charge is -2.27. The summed E-state index contributed by atoms with van der Waals surface area (Å²) in [6, 6.07) is 5.69. The Bertz CT molecular complexity index is 604. The summed E-state index contributed by atoms with van der Waals surface area (Å²) >= 11 is 0. The van der Waals surface area contributed by atoms with E-state index in [-0.39, 0.29) is 0 Å². The molecule has 27 heavy (non-hydrogen) atoms. The van der Waals surface area contributed by atoms with E-state index in [0.717, 1.165) is 56.3 Å². The van der Waals surface area contributed by atoms with Gasteiger partial charge < -0.3 is 15.0 Å². The van der Waals surface area contributed by atoms with Gasteiger partial charge in [-0.05, 0) is 37.1 Å². The van der Waals surface area contributed by atoms with Gasteiger partial charge in [-0.15, -0.1) is 0 Å². The van der Waals surface area contributed by atoms with Crippen molar-refractivity contribution in [1.29, 1.82) is 0 Å². The van der Waals surface area contributed by atoms with E-state index < -0.39 is 11.7 Å². The lowest BCUT2D eigenvalue weighted by Crippen LogP contribution is -2.45. The molecular weight excluding hydrogens is 357 g/mol. The topological polar surface area (TPSA) is 40.1 Å². The lowest BCUT2D eigenvalue weighted by atomic mass is 10.1. The third-order valence-corrected chi connectivity index (χ3v) is 4.85. The fraction of sp³-hybridized carbons (Fsp3) is 0.632. The summed E-state index contributed by atoms with van der Waals surface area (Å²) in [4.78, 5) is 8.63. The molecule has 1 saturated heterocycles. The van der Waals surface area contributed by atoms with Crippen LogP contribution in [-0.2, 0) is 17.5 Å². The minimum absolute atomic E-state index is 0.441. The summed E-state index contributed by atoms with van der Waals surface area (Å²) in [6.07, 6.45) is -2.00. The summed E-state index contributed by atoms with van der Waals surface area (Å²) in [5.41, 5.74) is 0.171. The number of rotatable bonds is 7. The van der Waals surface area contributed by atoms with Crippen LogP contribution in [-0.4, -0.2) is 69.2 Å². The largest absolute Gasteiger partial charge is 0.416 e. The monoisotopic (exact) mass is 386 g/mol. The zero-order valence-electron chi connectivity index (χ0n) is 16.2. The molecule has 1 aliphatic rings. The molecule has 0 spiro atoms. The number of aliphatic imine (C=N–C) groups is 1. The van der Waals surface area contributed by atoms with Gasteiger partial charge in [0, 0.05) is 46.9 Å². The smallest absolute Gasteiger partial charge is 0.383 e. The predicted molar refractivity (Wildman–Crippen MR) is 101 cm³/mol. The molecule has 152 valence electrons. The fourth-order valence-corrected chi connectivity index (χ4v) is 3.37. The van der Waals surface area contributed by atoms with Gasteiger partial charge in [0.15, 0.2) is 5.96 Å². The maximum Gasteiger partial charge on any atom is 0.416 e. The van der Waals surface area contributed by atoms with Crippen LogP contribution in [0.3, 0.4) is 0 Å². The molecule has 2 rings (SSSR count). The van der Waals surface area contributed by atoms with Gasteiger partial charge in [0.1, 0.15) is 0 Å². The van der Waals surface area contributed by atoms with Crippen LogP contribution >= 0.6 is 0 Å². The first-order chi connectivity index (χ1) is 12.8. The molecule has 1 aromatic carbocycles. The van der Waals surface area contributed by atoms with Crippen LogP contribution in [0.4, 0.5) is 13.2 Å². The Morgan fingerprint density at radius 1 is 1.33 bits per heavy atom. The predicted octanol–water partition coefficient (Wildman–Crippen LogP) is 2.82. The number of hydrogen-bond donors (Lipinski definition) is 1. The third kappa shape index (κ3) is 6.39. The number of nitrogens with one attached hydrogen (secondary N) is 1. The second-order valence-electron chi connectivity index (χ2n) is 6.80. The zero-order valence-corrected chi connectivity index (χ0v) is 16.2. The number of ether oxygens (including phenoxy) is 1. The minimum atomic E-state index is -4.31. The van der Waals surface area contributed by atoms with Crippen LogP contribution in [0, 0.1) is 0 Å². The molecule has 0 bridgehead atoms. The first-order valence-electron chi connectivity index (χ1n) is 9.16. The second-order valence-corrected chi connectivity index (χ2v) is 6.80. The maximum absolute atomic E-state index is 12.7. The van der Waals surface area contributed by atoms with Gasteiger partial charge in [-0.3, -0.25) is 9.89 Å². The number of hydrogen-bond acceptors (Lipinski definition) is 3. The Balaban J connectivity index is 1.87. The molecule has 1 atom stereocenters. The molecule has 0 radical (unpaired) electrons. The van der Waals surface area contributed by atoms with Crippen molar-refractivity contribution in [1.82, 2.24) is 15.1 Å². The quantitative estimate of drug-likeness (QED) is 0.578. The second kappa shape index (κ2) is 9.94. The molecule has 8 heteroatoms. The van der Waals surface area contributed by atoms with Gasteiger partial charge in [0.2, 0.25) is 0 Å². The van der Waals surface area contributed by atoms with Crippen LogP contribution in [0.15, 0.2) is 29.3 Å². The van der Waals surface area contributed by atoms with Crippen LogP contribution in [0.25, 0.3) is 0 Å². The number of benzene rings is 1. The minimum Gasteiger partial charge on any atom is -0.383 e. The van der Waals surface area contributed by atoms with E-state index in [4.69, 9.17) is 4.74 Å². The summed E-state index contributed by atoms with van der Waals surface area (Å²) in [7, 11) is 5.30. The number of guanidine groups is 1. The third-order valence-electron chi connectivity index (χ3n) is 4.85. The van der Waals surface area contributed by atoms with E-state index in [2.05, 4.69) is 15.2 Å². The Morgan fingerprint density at radius 2 is 2.04 bits per heavy atom. The van der Waals surface area contributed by atoms with Crippen LogP contribution < -0.4 is 5.32 Å². The van der Waals surface area contributed by atoms with Crippen molar-refractivity contribution < 1.29 is 17.9 Å². The van der Waals surface area contributed by atoms with Crippen molar-refractivity contribution in [2.24, 2.45) is 4.99 Å². The SMILES string of the molecule is CN=C(NCC1CCCN1CCOC)N(C)Cc1ccc(C(F)(F)F)cc1. The molecule has 1 fully saturated rings. The Morgan fingerprint density at radius 3 is 2.63 bits per heavy atom. The molecule has 0 amide bonds. The number of alkyl halides is 3. The Labute approximate surface area is 159 Å². The zero-order chi connectivity index (χ0) is 19.9. The molecule has 1 heterocycles. The van der Waals surface area contributed by atoms with Crippen LogP contribution in [0.5, 0.6) is 0 Å². The van der Waals surface area contributed by atoms with E-state index in [1.807, 2.05) is 11.9 Å². The van der Waals surface area contributed by atoms with Crippen molar-refractivity contribution >= 4 is 5.96 Å². The van der Waals surface area contributed by atoms with Crippen LogP contribution in [0.2, 0.25) is 0 Å². The highest BCUT2D eigenvalue weighted by Crippen LogP contribution is 2.29. The first kappa shape index (κ1) is 21.5. The van der Waals surface area contributed by atoms with Crippen molar-refractivity contribution in [3.05, 3.63) is 35.4 Å². The highest BCUT2D eigenvalue weighted by molar-refractivity contribution is 5.79. The van der Waals surface area contributed by atoms with Gasteiger partial charge >= 0.3 is 6.18 Å². The molecule has 1 aliphatic heterocycles. The average molecular weight is 386 g/mol. The number of likely N-dealkylation sites (tertiary alicyclic amines) is 1. The van der Waals surface area contributed by atoms with Crippen molar-refractivity contribution in [3.8, 4) is 0 Å². The first-order valence-corrected chi connectivity index (χ1v) is 9.16. The van der Waals surface area contributed by atoms with Gasteiger partial charge in [-0.1, -0.05) is 12.1 Å². The normalized spacial score (nSPS) is 18.7. The molecule has 5 nitrogen and oxygen atoms in total. The highest BCUT2D eigenvalue weighted by atomic mass is 19.4. The lowest BCUT2D eigenvalue weighted by molar-refractivity contribution is -0.137. The molecule has 1 unspecified atom stereocenters. The average Bonchev–Trinajstić information content (AvgIpc) is 3.07. The molecule has 1 N–H and O–H groups in total. The van der Waals surface area contributed by atoms with Gasteiger partial charge in [-0.25, -0.2) is 0 Å². The van der Waals surface area contributed by atoms with E-state index in [9.17, 15) is 13.2 Å². The molecule has 0 aromatic heterocycles. The van der Waals surface area contributed by atoms with E-state index in [0.29, 0.717) is 12.6 Å². The van der Waals surface area contributed by atoms with E-state index in [1.165, 1.54) is 18.6 Å². The summed E-state index contributed by atoms with van der Waals surface area (Å²) < 4.78 is 43.2. The molecular formula is C19H29F3N4O. The number of nitrogens with zero attached hydrogens (tertiary/aromatic N) is 3. The van der Waals surface area contributed by atoms with Gasteiger partial charge in [0.05, 0.1) is 12.2 Å². The number of methoxy groups -OCH3 is 1. The van der Waals surface area contributed by atoms with Crippen molar-refractivity contribution in [2.45, 2.75) is 31.6 Å². The number of halogens is 3. The fourth-order valence-electron chi connectivity index (χ4n) is 3.37. The van der Waals surface area contributed by atoms with E-state index >= 15 is 0 Å². The standard InChI is InChI=1S/C19H29F3N4O/c1-23-18(24-13-17-5-4-10-26(17)11-12-27-3)25(2)14-15-6-8-16(9-7-15)19(20,21)22/h6-9,17H,4-5,10-14H2,1-3H3,(H,23,24). The van der Waals surface area contributed by atoms with E-state index in [1.54, 1.807) is 14.2 Å². The van der Waals surface area contributed by atoms with Crippen molar-refractivity contribution in [2.75, 3.05) is 47.4 Å². The maximum atomic E-state index is 12.7. The highest BCUT2D eigenvalue weighted by Gasteiger charge is 2.30. The van der Waals surface area contributed by atoms with Gasteiger partial charge in [-0.2, -0.15) is 13.2 Å².